The Morgan fingerprint density at radius 2 is 1.79 bits per heavy atom. The molecule has 2 aromatic rings. The van der Waals surface area contributed by atoms with E-state index in [1.54, 1.807) is 42.5 Å². The van der Waals surface area contributed by atoms with Crippen LogP contribution in [0.2, 0.25) is 0 Å². The Morgan fingerprint density at radius 1 is 1.08 bits per heavy atom. The molecule has 0 saturated carbocycles. The molecule has 0 radical (unpaired) electrons. The molecule has 0 unspecified atom stereocenters. The first-order valence-corrected chi connectivity index (χ1v) is 8.65. The third kappa shape index (κ3) is 3.60. The van der Waals surface area contributed by atoms with E-state index in [4.69, 9.17) is 14.7 Å². The third-order valence-electron chi connectivity index (χ3n) is 3.41. The Bertz CT molecular complexity index is 829. The molecule has 0 N–H and O–H groups in total. The van der Waals surface area contributed by atoms with Crippen molar-refractivity contribution >= 4 is 15.7 Å². The predicted octanol–water partition coefficient (Wildman–Crippen LogP) is 2.81. The molecule has 2 rings (SSSR count). The van der Waals surface area contributed by atoms with E-state index in [0.29, 0.717) is 11.4 Å². The van der Waals surface area contributed by atoms with Gasteiger partial charge in [0.05, 0.1) is 32.4 Å². The van der Waals surface area contributed by atoms with Crippen LogP contribution < -0.4 is 13.8 Å². The number of nitriles is 1. The monoisotopic (exact) mass is 346 g/mol. The SMILES string of the molecule is COc1ccc(OC)c(S(=O)(=O)N(CCC#N)c2ccccc2)c1. The highest BCUT2D eigenvalue weighted by atomic mass is 32.2. The molecule has 0 amide bonds. The highest BCUT2D eigenvalue weighted by Gasteiger charge is 2.28. The smallest absolute Gasteiger partial charge is 0.268 e. The molecule has 0 aliphatic rings. The summed E-state index contributed by atoms with van der Waals surface area (Å²) in [6.07, 6.45) is 0.0698. The molecule has 0 aromatic heterocycles. The van der Waals surface area contributed by atoms with Gasteiger partial charge in [-0.2, -0.15) is 5.26 Å². The lowest BCUT2D eigenvalue weighted by Crippen LogP contribution is -2.32. The number of sulfonamides is 1. The number of para-hydroxylation sites is 1. The van der Waals surface area contributed by atoms with Crippen molar-refractivity contribution in [3.8, 4) is 17.6 Å². The van der Waals surface area contributed by atoms with E-state index < -0.39 is 10.0 Å². The van der Waals surface area contributed by atoms with Gasteiger partial charge in [-0.3, -0.25) is 4.31 Å². The Labute approximate surface area is 141 Å². The zero-order valence-corrected chi connectivity index (χ0v) is 14.3. The first kappa shape index (κ1) is 17.6. The standard InChI is InChI=1S/C17H18N2O4S/c1-22-15-9-10-16(23-2)17(13-15)24(20,21)19(12-6-11-18)14-7-4-3-5-8-14/h3-5,7-10,13H,6,12H2,1-2H3. The maximum atomic E-state index is 13.2. The Balaban J connectivity index is 2.58. The van der Waals surface area contributed by atoms with Crippen LogP contribution in [0.5, 0.6) is 11.5 Å². The van der Waals surface area contributed by atoms with E-state index in [-0.39, 0.29) is 23.6 Å². The topological polar surface area (TPSA) is 79.6 Å². The van der Waals surface area contributed by atoms with Gasteiger partial charge >= 0.3 is 0 Å². The molecule has 0 fully saturated rings. The second-order valence-electron chi connectivity index (χ2n) is 4.84. The van der Waals surface area contributed by atoms with Gasteiger partial charge in [0.15, 0.2) is 0 Å². The van der Waals surface area contributed by atoms with E-state index in [1.165, 1.54) is 24.6 Å². The fourth-order valence-electron chi connectivity index (χ4n) is 2.24. The van der Waals surface area contributed by atoms with Crippen molar-refractivity contribution in [2.45, 2.75) is 11.3 Å². The molecule has 0 saturated heterocycles. The van der Waals surface area contributed by atoms with E-state index >= 15 is 0 Å². The Morgan fingerprint density at radius 3 is 2.38 bits per heavy atom. The van der Waals surface area contributed by atoms with Crippen molar-refractivity contribution in [2.75, 3.05) is 25.1 Å². The number of nitrogens with zero attached hydrogens (tertiary/aromatic N) is 2. The summed E-state index contributed by atoms with van der Waals surface area (Å²) in [6, 6.07) is 15.2. The summed E-state index contributed by atoms with van der Waals surface area (Å²) in [6.45, 7) is 0.0449. The molecular formula is C17H18N2O4S. The van der Waals surface area contributed by atoms with E-state index in [2.05, 4.69) is 0 Å². The van der Waals surface area contributed by atoms with Crippen LogP contribution in [0.1, 0.15) is 6.42 Å². The zero-order valence-electron chi connectivity index (χ0n) is 13.5. The van der Waals surface area contributed by atoms with Crippen LogP contribution in [0.25, 0.3) is 0 Å². The quantitative estimate of drug-likeness (QED) is 0.770. The molecule has 7 heteroatoms. The van der Waals surface area contributed by atoms with Gasteiger partial charge in [0.1, 0.15) is 16.4 Å². The van der Waals surface area contributed by atoms with Gasteiger partial charge in [-0.15, -0.1) is 0 Å². The van der Waals surface area contributed by atoms with Crippen LogP contribution in [0.15, 0.2) is 53.4 Å². The number of ether oxygens (including phenoxy) is 2. The van der Waals surface area contributed by atoms with Crippen LogP contribution in [0.3, 0.4) is 0 Å². The van der Waals surface area contributed by atoms with Crippen LogP contribution >= 0.6 is 0 Å². The maximum Gasteiger partial charge on any atom is 0.268 e. The lowest BCUT2D eigenvalue weighted by molar-refractivity contribution is 0.392. The molecule has 0 aliphatic carbocycles. The van der Waals surface area contributed by atoms with Crippen molar-refractivity contribution in [2.24, 2.45) is 0 Å². The van der Waals surface area contributed by atoms with Crippen molar-refractivity contribution in [3.63, 3.8) is 0 Å². The summed E-state index contributed by atoms with van der Waals surface area (Å²) >= 11 is 0. The molecule has 24 heavy (non-hydrogen) atoms. The summed E-state index contributed by atoms with van der Waals surface area (Å²) in [4.78, 5) is -0.00820. The van der Waals surface area contributed by atoms with E-state index in [1.807, 2.05) is 6.07 Å². The normalized spacial score (nSPS) is 10.7. The highest BCUT2D eigenvalue weighted by Crippen LogP contribution is 2.32. The first-order valence-electron chi connectivity index (χ1n) is 7.21. The number of rotatable bonds is 7. The van der Waals surface area contributed by atoms with Crippen LogP contribution in [-0.2, 0) is 10.0 Å². The highest BCUT2D eigenvalue weighted by molar-refractivity contribution is 7.93. The van der Waals surface area contributed by atoms with Gasteiger partial charge in [-0.05, 0) is 24.3 Å². The minimum atomic E-state index is -3.92. The molecule has 0 aliphatic heterocycles. The summed E-state index contributed by atoms with van der Waals surface area (Å²) < 4.78 is 37.9. The second kappa shape index (κ2) is 7.70. The minimum Gasteiger partial charge on any atom is -0.497 e. The van der Waals surface area contributed by atoms with Crippen molar-refractivity contribution in [1.82, 2.24) is 0 Å². The van der Waals surface area contributed by atoms with Gasteiger partial charge in [-0.1, -0.05) is 18.2 Å². The Hall–Kier alpha value is -2.72. The van der Waals surface area contributed by atoms with Crippen molar-refractivity contribution in [3.05, 3.63) is 48.5 Å². The van der Waals surface area contributed by atoms with Gasteiger partial charge in [0.2, 0.25) is 0 Å². The minimum absolute atomic E-state index is 0.00820. The van der Waals surface area contributed by atoms with E-state index in [9.17, 15) is 8.42 Å². The van der Waals surface area contributed by atoms with Crippen molar-refractivity contribution in [1.29, 1.82) is 5.26 Å². The number of benzene rings is 2. The average Bonchev–Trinajstić information content (AvgIpc) is 2.62. The molecule has 0 bridgehead atoms. The number of hydrogen-bond donors (Lipinski definition) is 0. The number of hydrogen-bond acceptors (Lipinski definition) is 5. The third-order valence-corrected chi connectivity index (χ3v) is 5.26. The second-order valence-corrected chi connectivity index (χ2v) is 6.67. The molecule has 6 nitrogen and oxygen atoms in total. The maximum absolute atomic E-state index is 13.2. The molecule has 2 aromatic carbocycles. The first-order chi connectivity index (χ1) is 11.5. The van der Waals surface area contributed by atoms with Crippen LogP contribution in [0, 0.1) is 11.3 Å². The largest absolute Gasteiger partial charge is 0.497 e. The molecular weight excluding hydrogens is 328 g/mol. The van der Waals surface area contributed by atoms with Gasteiger partial charge in [0.25, 0.3) is 10.0 Å². The lowest BCUT2D eigenvalue weighted by Gasteiger charge is -2.24. The fourth-order valence-corrected chi connectivity index (χ4v) is 3.88. The zero-order chi connectivity index (χ0) is 17.6. The number of methoxy groups -OCH3 is 2. The lowest BCUT2D eigenvalue weighted by atomic mass is 10.3. The molecule has 0 spiro atoms. The molecule has 126 valence electrons. The number of anilines is 1. The van der Waals surface area contributed by atoms with Gasteiger partial charge in [-0.25, -0.2) is 8.42 Å². The van der Waals surface area contributed by atoms with Crippen LogP contribution in [0.4, 0.5) is 5.69 Å². The average molecular weight is 346 g/mol. The fraction of sp³-hybridized carbons (Fsp3) is 0.235. The Kier molecular flexibility index (Phi) is 5.66. The van der Waals surface area contributed by atoms with Crippen molar-refractivity contribution < 1.29 is 17.9 Å². The summed E-state index contributed by atoms with van der Waals surface area (Å²) in [7, 11) is -1.06. The molecule has 0 atom stereocenters. The predicted molar refractivity (Wildman–Crippen MR) is 90.7 cm³/mol. The van der Waals surface area contributed by atoms with Gasteiger partial charge < -0.3 is 9.47 Å². The van der Waals surface area contributed by atoms with Crippen LogP contribution in [-0.4, -0.2) is 29.2 Å². The summed E-state index contributed by atoms with van der Waals surface area (Å²) in [5.41, 5.74) is 0.484. The molecule has 0 heterocycles. The summed E-state index contributed by atoms with van der Waals surface area (Å²) in [5.74, 6) is 0.622. The van der Waals surface area contributed by atoms with E-state index in [0.717, 1.165) is 0 Å². The summed E-state index contributed by atoms with van der Waals surface area (Å²) in [5, 5.41) is 8.87. The van der Waals surface area contributed by atoms with Gasteiger partial charge in [0, 0.05) is 12.6 Å².